The van der Waals surface area contributed by atoms with E-state index in [1.165, 1.54) is 19.4 Å². The standard InChI is InChI=1S/C19H28N4O/c1-14-11-22(12-15(2)24-14)13-16-7-9-23(10-8-16)19-20-17-5-3-4-6-18(17)21-19/h3-6,14-16H,7-13H2,1-2H3,(H,20,21). The summed E-state index contributed by atoms with van der Waals surface area (Å²) in [5, 5.41) is 0. The molecule has 1 aromatic heterocycles. The number of ether oxygens (including phenoxy) is 1. The van der Waals surface area contributed by atoms with Crippen LogP contribution < -0.4 is 4.90 Å². The Morgan fingerprint density at radius 1 is 1.12 bits per heavy atom. The number of fused-ring (bicyclic) bond motifs is 1. The Balaban J connectivity index is 1.33. The van der Waals surface area contributed by atoms with Gasteiger partial charge in [0, 0.05) is 32.7 Å². The van der Waals surface area contributed by atoms with Crippen LogP contribution in [-0.2, 0) is 4.74 Å². The molecule has 2 aliphatic rings. The Morgan fingerprint density at radius 3 is 2.54 bits per heavy atom. The molecule has 1 aromatic carbocycles. The van der Waals surface area contributed by atoms with E-state index in [-0.39, 0.29) is 0 Å². The predicted molar refractivity (Wildman–Crippen MR) is 97.5 cm³/mol. The second-order valence-corrected chi connectivity index (χ2v) is 7.48. The molecular weight excluding hydrogens is 300 g/mol. The van der Waals surface area contributed by atoms with Crippen molar-refractivity contribution in [3.8, 4) is 0 Å². The fourth-order valence-corrected chi connectivity index (χ4v) is 4.22. The van der Waals surface area contributed by atoms with E-state index in [0.29, 0.717) is 12.2 Å². The molecule has 130 valence electrons. The van der Waals surface area contributed by atoms with Crippen molar-refractivity contribution in [2.45, 2.75) is 38.9 Å². The van der Waals surface area contributed by atoms with E-state index < -0.39 is 0 Å². The summed E-state index contributed by atoms with van der Waals surface area (Å²) in [7, 11) is 0. The van der Waals surface area contributed by atoms with Gasteiger partial charge in [0.15, 0.2) is 0 Å². The van der Waals surface area contributed by atoms with Crippen LogP contribution in [0.4, 0.5) is 5.95 Å². The molecule has 3 heterocycles. The van der Waals surface area contributed by atoms with Crippen molar-refractivity contribution in [1.82, 2.24) is 14.9 Å². The van der Waals surface area contributed by atoms with Gasteiger partial charge in [-0.05, 0) is 44.7 Å². The number of H-pyrrole nitrogens is 1. The van der Waals surface area contributed by atoms with Crippen LogP contribution >= 0.6 is 0 Å². The van der Waals surface area contributed by atoms with Gasteiger partial charge in [0.2, 0.25) is 5.95 Å². The number of hydrogen-bond donors (Lipinski definition) is 1. The van der Waals surface area contributed by atoms with Gasteiger partial charge >= 0.3 is 0 Å². The number of para-hydroxylation sites is 2. The summed E-state index contributed by atoms with van der Waals surface area (Å²) < 4.78 is 5.85. The van der Waals surface area contributed by atoms with Crippen LogP contribution in [0.15, 0.2) is 24.3 Å². The van der Waals surface area contributed by atoms with Gasteiger partial charge in [-0.2, -0.15) is 0 Å². The number of anilines is 1. The highest BCUT2D eigenvalue weighted by Gasteiger charge is 2.27. The maximum Gasteiger partial charge on any atom is 0.203 e. The number of nitrogens with one attached hydrogen (secondary N) is 1. The van der Waals surface area contributed by atoms with Gasteiger partial charge in [0.1, 0.15) is 0 Å². The largest absolute Gasteiger partial charge is 0.373 e. The van der Waals surface area contributed by atoms with Gasteiger partial charge in [0.05, 0.1) is 23.2 Å². The summed E-state index contributed by atoms with van der Waals surface area (Å²) in [6.07, 6.45) is 3.22. The van der Waals surface area contributed by atoms with Gasteiger partial charge in [-0.1, -0.05) is 12.1 Å². The summed E-state index contributed by atoms with van der Waals surface area (Å²) in [5.41, 5.74) is 2.19. The summed E-state index contributed by atoms with van der Waals surface area (Å²) >= 11 is 0. The minimum Gasteiger partial charge on any atom is -0.373 e. The van der Waals surface area contributed by atoms with E-state index in [2.05, 4.69) is 46.8 Å². The average molecular weight is 328 g/mol. The van der Waals surface area contributed by atoms with Crippen molar-refractivity contribution in [3.63, 3.8) is 0 Å². The lowest BCUT2D eigenvalue weighted by Gasteiger charge is -2.39. The number of imidazole rings is 1. The molecule has 5 heteroatoms. The van der Waals surface area contributed by atoms with Gasteiger partial charge in [-0.15, -0.1) is 0 Å². The summed E-state index contributed by atoms with van der Waals surface area (Å²) in [6.45, 7) is 9.94. The maximum absolute atomic E-state index is 5.85. The first-order chi connectivity index (χ1) is 11.7. The maximum atomic E-state index is 5.85. The summed E-state index contributed by atoms with van der Waals surface area (Å²) in [6, 6.07) is 8.27. The Bertz CT molecular complexity index is 634. The zero-order chi connectivity index (χ0) is 16.5. The molecule has 0 saturated carbocycles. The third-order valence-corrected chi connectivity index (χ3v) is 5.30. The number of rotatable bonds is 3. The van der Waals surface area contributed by atoms with Crippen LogP contribution in [0.5, 0.6) is 0 Å². The minimum absolute atomic E-state index is 0.365. The third kappa shape index (κ3) is 3.42. The van der Waals surface area contributed by atoms with Crippen molar-refractivity contribution >= 4 is 17.0 Å². The molecular formula is C19H28N4O. The van der Waals surface area contributed by atoms with Gasteiger partial charge < -0.3 is 14.6 Å². The van der Waals surface area contributed by atoms with Crippen LogP contribution in [0.25, 0.3) is 11.0 Å². The summed E-state index contributed by atoms with van der Waals surface area (Å²) in [4.78, 5) is 13.2. The van der Waals surface area contributed by atoms with Crippen LogP contribution in [0.1, 0.15) is 26.7 Å². The number of piperidine rings is 1. The van der Waals surface area contributed by atoms with E-state index in [0.717, 1.165) is 49.1 Å². The number of morpholine rings is 1. The number of aromatic nitrogens is 2. The lowest BCUT2D eigenvalue weighted by molar-refractivity contribution is -0.0720. The number of aromatic amines is 1. The SMILES string of the molecule is CC1CN(CC2CCN(c3nc4ccccc4[nH]3)CC2)CC(C)O1. The van der Waals surface area contributed by atoms with E-state index in [4.69, 9.17) is 9.72 Å². The van der Waals surface area contributed by atoms with Crippen molar-refractivity contribution < 1.29 is 4.74 Å². The summed E-state index contributed by atoms with van der Waals surface area (Å²) in [5.74, 6) is 1.83. The molecule has 0 amide bonds. The molecule has 1 N–H and O–H groups in total. The zero-order valence-corrected chi connectivity index (χ0v) is 14.7. The van der Waals surface area contributed by atoms with Gasteiger partial charge in [-0.3, -0.25) is 4.90 Å². The molecule has 2 fully saturated rings. The lowest BCUT2D eigenvalue weighted by atomic mass is 9.96. The topological polar surface area (TPSA) is 44.4 Å². The Kier molecular flexibility index (Phi) is 4.46. The molecule has 5 nitrogen and oxygen atoms in total. The van der Waals surface area contributed by atoms with E-state index in [9.17, 15) is 0 Å². The molecule has 0 spiro atoms. The highest BCUT2D eigenvalue weighted by Crippen LogP contribution is 2.25. The molecule has 4 rings (SSSR count). The highest BCUT2D eigenvalue weighted by molar-refractivity contribution is 5.77. The molecule has 0 bridgehead atoms. The van der Waals surface area contributed by atoms with Crippen LogP contribution in [-0.4, -0.2) is 59.8 Å². The molecule has 2 aliphatic heterocycles. The first-order valence-electron chi connectivity index (χ1n) is 9.25. The molecule has 2 aromatic rings. The fraction of sp³-hybridized carbons (Fsp3) is 0.632. The normalized spacial score (nSPS) is 27.0. The highest BCUT2D eigenvalue weighted by atomic mass is 16.5. The van der Waals surface area contributed by atoms with Gasteiger partial charge in [0.25, 0.3) is 0 Å². The quantitative estimate of drug-likeness (QED) is 0.941. The van der Waals surface area contributed by atoms with Crippen LogP contribution in [0.3, 0.4) is 0 Å². The van der Waals surface area contributed by atoms with Gasteiger partial charge in [-0.25, -0.2) is 4.98 Å². The average Bonchev–Trinajstić information content (AvgIpc) is 2.98. The Hall–Kier alpha value is -1.59. The first kappa shape index (κ1) is 15.9. The molecule has 2 atom stereocenters. The number of nitrogens with zero attached hydrogens (tertiary/aromatic N) is 3. The Morgan fingerprint density at radius 2 is 1.83 bits per heavy atom. The van der Waals surface area contributed by atoms with Crippen molar-refractivity contribution in [1.29, 1.82) is 0 Å². The second kappa shape index (κ2) is 6.73. The monoisotopic (exact) mass is 328 g/mol. The van der Waals surface area contributed by atoms with Crippen molar-refractivity contribution in [2.24, 2.45) is 5.92 Å². The molecule has 0 radical (unpaired) electrons. The minimum atomic E-state index is 0.365. The van der Waals surface area contributed by atoms with Crippen LogP contribution in [0, 0.1) is 5.92 Å². The molecule has 24 heavy (non-hydrogen) atoms. The first-order valence-corrected chi connectivity index (χ1v) is 9.25. The van der Waals surface area contributed by atoms with Crippen molar-refractivity contribution in [2.75, 3.05) is 37.6 Å². The molecule has 0 aliphatic carbocycles. The van der Waals surface area contributed by atoms with E-state index >= 15 is 0 Å². The Labute approximate surface area is 144 Å². The van der Waals surface area contributed by atoms with E-state index in [1.54, 1.807) is 0 Å². The predicted octanol–water partition coefficient (Wildman–Crippen LogP) is 2.89. The number of hydrogen-bond acceptors (Lipinski definition) is 4. The number of benzene rings is 1. The zero-order valence-electron chi connectivity index (χ0n) is 14.7. The van der Waals surface area contributed by atoms with Crippen molar-refractivity contribution in [3.05, 3.63) is 24.3 Å². The second-order valence-electron chi connectivity index (χ2n) is 7.48. The molecule has 2 unspecified atom stereocenters. The third-order valence-electron chi connectivity index (χ3n) is 5.30. The fourth-order valence-electron chi connectivity index (χ4n) is 4.22. The van der Waals surface area contributed by atoms with Crippen LogP contribution in [0.2, 0.25) is 0 Å². The molecule has 2 saturated heterocycles. The van der Waals surface area contributed by atoms with E-state index in [1.807, 2.05) is 6.07 Å². The lowest BCUT2D eigenvalue weighted by Crippen LogP contribution is -2.48. The smallest absolute Gasteiger partial charge is 0.203 e.